The van der Waals surface area contributed by atoms with Crippen LogP contribution < -0.4 is 15.5 Å². The molecule has 1 heterocycles. The number of hydrogen-bond donors (Lipinski definition) is 2. The molecule has 0 spiro atoms. The maximum atomic E-state index is 12.4. The minimum Gasteiger partial charge on any atom is -0.336 e. The van der Waals surface area contributed by atoms with Crippen molar-refractivity contribution in [3.05, 3.63) is 24.3 Å². The summed E-state index contributed by atoms with van der Waals surface area (Å²) in [6.07, 6.45) is 3.09. The highest BCUT2D eigenvalue weighted by Gasteiger charge is 2.41. The van der Waals surface area contributed by atoms with Crippen LogP contribution in [0.1, 0.15) is 25.7 Å². The maximum Gasteiger partial charge on any atom is 0.321 e. The first-order chi connectivity index (χ1) is 10.6. The summed E-state index contributed by atoms with van der Waals surface area (Å²) in [7, 11) is 0. The van der Waals surface area contributed by atoms with Crippen molar-refractivity contribution >= 4 is 23.3 Å². The average molecular weight is 298 g/mol. The van der Waals surface area contributed by atoms with Gasteiger partial charge in [0.2, 0.25) is 5.91 Å². The molecule has 3 rings (SSSR count). The molecule has 3 amide bonds. The second-order valence-electron chi connectivity index (χ2n) is 5.79. The monoisotopic (exact) mass is 298 g/mol. The van der Waals surface area contributed by atoms with Crippen molar-refractivity contribution in [1.82, 2.24) is 5.32 Å². The molecule has 2 aliphatic rings. The molecule has 1 aromatic rings. The zero-order valence-corrected chi connectivity index (χ0v) is 12.3. The number of amides is 3. The Bertz CT molecular complexity index is 627. The van der Waals surface area contributed by atoms with E-state index in [1.807, 2.05) is 0 Å². The summed E-state index contributed by atoms with van der Waals surface area (Å²) in [5.41, 5.74) is 0.562. The number of nitrogens with one attached hydrogen (secondary N) is 2. The van der Waals surface area contributed by atoms with Gasteiger partial charge in [0, 0.05) is 24.5 Å². The normalized spacial score (nSPS) is 19.6. The van der Waals surface area contributed by atoms with Gasteiger partial charge in [0.15, 0.2) is 0 Å². The van der Waals surface area contributed by atoms with Crippen molar-refractivity contribution in [1.29, 1.82) is 5.26 Å². The molecule has 2 N–H and O–H groups in total. The second kappa shape index (κ2) is 5.68. The van der Waals surface area contributed by atoms with Crippen molar-refractivity contribution in [2.45, 2.75) is 25.7 Å². The summed E-state index contributed by atoms with van der Waals surface area (Å²) in [5, 5.41) is 14.9. The van der Waals surface area contributed by atoms with E-state index < -0.39 is 5.41 Å². The van der Waals surface area contributed by atoms with Crippen LogP contribution in [0.4, 0.5) is 16.2 Å². The molecule has 0 atom stereocenters. The Labute approximate surface area is 129 Å². The van der Waals surface area contributed by atoms with Gasteiger partial charge < -0.3 is 10.6 Å². The lowest BCUT2D eigenvalue weighted by molar-refractivity contribution is -0.122. The number of nitriles is 1. The Morgan fingerprint density at radius 3 is 2.50 bits per heavy atom. The number of hydrogen-bond acceptors (Lipinski definition) is 3. The van der Waals surface area contributed by atoms with Crippen LogP contribution in [0.3, 0.4) is 0 Å². The van der Waals surface area contributed by atoms with Crippen LogP contribution in [-0.2, 0) is 4.79 Å². The van der Waals surface area contributed by atoms with Gasteiger partial charge in [-0.15, -0.1) is 0 Å². The van der Waals surface area contributed by atoms with E-state index in [4.69, 9.17) is 0 Å². The highest BCUT2D eigenvalue weighted by atomic mass is 16.2. The SMILES string of the molecule is N#CC1(C(=O)Nc2ccc(N3CCNC3=O)cc2)CCCC1. The molecule has 1 aromatic carbocycles. The Hall–Kier alpha value is -2.55. The Morgan fingerprint density at radius 1 is 1.27 bits per heavy atom. The van der Waals surface area contributed by atoms with Gasteiger partial charge in [0.05, 0.1) is 6.07 Å². The molecule has 22 heavy (non-hydrogen) atoms. The lowest BCUT2D eigenvalue weighted by Crippen LogP contribution is -2.32. The van der Waals surface area contributed by atoms with Gasteiger partial charge in [-0.2, -0.15) is 5.26 Å². The van der Waals surface area contributed by atoms with Crippen LogP contribution >= 0.6 is 0 Å². The zero-order chi connectivity index (χ0) is 15.6. The number of carbonyl (C=O) groups excluding carboxylic acids is 2. The summed E-state index contributed by atoms with van der Waals surface area (Å²) >= 11 is 0. The number of benzene rings is 1. The third kappa shape index (κ3) is 2.50. The van der Waals surface area contributed by atoms with Crippen molar-refractivity contribution in [2.75, 3.05) is 23.3 Å². The molecule has 6 nitrogen and oxygen atoms in total. The Kier molecular flexibility index (Phi) is 3.72. The fourth-order valence-electron chi connectivity index (χ4n) is 3.06. The van der Waals surface area contributed by atoms with E-state index in [1.54, 1.807) is 29.2 Å². The van der Waals surface area contributed by atoms with Gasteiger partial charge in [0.25, 0.3) is 0 Å². The summed E-state index contributed by atoms with van der Waals surface area (Å²) in [6, 6.07) is 9.21. The third-order valence-electron chi connectivity index (χ3n) is 4.40. The molecule has 0 radical (unpaired) electrons. The van der Waals surface area contributed by atoms with Crippen LogP contribution in [-0.4, -0.2) is 25.0 Å². The topological polar surface area (TPSA) is 85.2 Å². The summed E-state index contributed by atoms with van der Waals surface area (Å²) in [4.78, 5) is 25.6. The number of urea groups is 1. The largest absolute Gasteiger partial charge is 0.336 e. The second-order valence-corrected chi connectivity index (χ2v) is 5.79. The average Bonchev–Trinajstić information content (AvgIpc) is 3.17. The van der Waals surface area contributed by atoms with Gasteiger partial charge in [-0.05, 0) is 37.1 Å². The summed E-state index contributed by atoms with van der Waals surface area (Å²) in [6.45, 7) is 1.28. The predicted octanol–water partition coefficient (Wildman–Crippen LogP) is 2.24. The van der Waals surface area contributed by atoms with Crippen molar-refractivity contribution in [3.63, 3.8) is 0 Å². The van der Waals surface area contributed by atoms with E-state index in [9.17, 15) is 14.9 Å². The molecule has 1 aliphatic carbocycles. The van der Waals surface area contributed by atoms with Gasteiger partial charge in [-0.25, -0.2) is 4.79 Å². The van der Waals surface area contributed by atoms with Crippen molar-refractivity contribution in [2.24, 2.45) is 5.41 Å². The van der Waals surface area contributed by atoms with E-state index in [2.05, 4.69) is 16.7 Å². The van der Waals surface area contributed by atoms with Crippen LogP contribution in [0.5, 0.6) is 0 Å². The van der Waals surface area contributed by atoms with Gasteiger partial charge in [0.1, 0.15) is 5.41 Å². The smallest absolute Gasteiger partial charge is 0.321 e. The lowest BCUT2D eigenvalue weighted by Gasteiger charge is -2.20. The first-order valence-corrected chi connectivity index (χ1v) is 7.53. The molecule has 1 aliphatic heterocycles. The van der Waals surface area contributed by atoms with Crippen LogP contribution in [0.25, 0.3) is 0 Å². The molecule has 0 unspecified atom stereocenters. The number of nitrogens with zero attached hydrogens (tertiary/aromatic N) is 2. The van der Waals surface area contributed by atoms with Crippen LogP contribution in [0.2, 0.25) is 0 Å². The van der Waals surface area contributed by atoms with Crippen molar-refractivity contribution < 1.29 is 9.59 Å². The minimum absolute atomic E-state index is 0.105. The van der Waals surface area contributed by atoms with E-state index in [0.29, 0.717) is 31.6 Å². The standard InChI is InChI=1S/C16H18N4O2/c17-11-16(7-1-2-8-16)14(21)19-12-3-5-13(6-4-12)20-10-9-18-15(20)22/h3-6H,1-2,7-10H2,(H,18,22)(H,19,21). The molecule has 1 saturated carbocycles. The van der Waals surface area contributed by atoms with E-state index in [0.717, 1.165) is 18.5 Å². The Morgan fingerprint density at radius 2 is 1.95 bits per heavy atom. The molecular weight excluding hydrogens is 280 g/mol. The fourth-order valence-corrected chi connectivity index (χ4v) is 3.06. The molecule has 0 aromatic heterocycles. The van der Waals surface area contributed by atoms with Crippen LogP contribution in [0.15, 0.2) is 24.3 Å². The first-order valence-electron chi connectivity index (χ1n) is 7.53. The van der Waals surface area contributed by atoms with E-state index in [-0.39, 0.29) is 11.9 Å². The van der Waals surface area contributed by atoms with E-state index in [1.165, 1.54) is 0 Å². The zero-order valence-electron chi connectivity index (χ0n) is 12.3. The fraction of sp³-hybridized carbons (Fsp3) is 0.438. The van der Waals surface area contributed by atoms with E-state index >= 15 is 0 Å². The first kappa shape index (κ1) is 14.4. The third-order valence-corrected chi connectivity index (χ3v) is 4.40. The molecular formula is C16H18N4O2. The summed E-state index contributed by atoms with van der Waals surface area (Å²) in [5.74, 6) is -0.223. The minimum atomic E-state index is -0.881. The molecule has 0 bridgehead atoms. The highest BCUT2D eigenvalue weighted by Crippen LogP contribution is 2.38. The highest BCUT2D eigenvalue weighted by molar-refractivity contribution is 5.98. The molecule has 2 fully saturated rings. The quantitative estimate of drug-likeness (QED) is 0.897. The van der Waals surface area contributed by atoms with Crippen LogP contribution in [0, 0.1) is 16.7 Å². The maximum absolute atomic E-state index is 12.4. The molecule has 1 saturated heterocycles. The molecule has 114 valence electrons. The van der Waals surface area contributed by atoms with Gasteiger partial charge in [-0.3, -0.25) is 9.69 Å². The molecule has 6 heteroatoms. The number of rotatable bonds is 3. The van der Waals surface area contributed by atoms with Gasteiger partial charge in [-0.1, -0.05) is 12.8 Å². The Balaban J connectivity index is 1.70. The lowest BCUT2D eigenvalue weighted by atomic mass is 9.87. The number of anilines is 2. The van der Waals surface area contributed by atoms with Crippen molar-refractivity contribution in [3.8, 4) is 6.07 Å². The van der Waals surface area contributed by atoms with Gasteiger partial charge >= 0.3 is 6.03 Å². The number of carbonyl (C=O) groups is 2. The summed E-state index contributed by atoms with van der Waals surface area (Å²) < 4.78 is 0. The predicted molar refractivity (Wildman–Crippen MR) is 82.3 cm³/mol.